The van der Waals surface area contributed by atoms with Crippen LogP contribution in [0, 0.1) is 0 Å². The Kier molecular flexibility index (Phi) is 6.66. The van der Waals surface area contributed by atoms with E-state index in [1.807, 2.05) is 61.5 Å². The summed E-state index contributed by atoms with van der Waals surface area (Å²) in [7, 11) is 0. The molecule has 0 spiro atoms. The fourth-order valence-corrected chi connectivity index (χ4v) is 3.24. The van der Waals surface area contributed by atoms with Gasteiger partial charge in [-0.25, -0.2) is 4.48 Å². The van der Waals surface area contributed by atoms with Crippen LogP contribution in [0.2, 0.25) is 0 Å². The van der Waals surface area contributed by atoms with Gasteiger partial charge in [0.15, 0.2) is 6.20 Å². The van der Waals surface area contributed by atoms with E-state index in [0.717, 1.165) is 16.9 Å². The molecule has 0 aliphatic heterocycles. The maximum absolute atomic E-state index is 10.4. The van der Waals surface area contributed by atoms with Gasteiger partial charge in [-0.3, -0.25) is 0 Å². The van der Waals surface area contributed by atoms with Crippen LogP contribution in [0.25, 0.3) is 6.08 Å². The third kappa shape index (κ3) is 4.70. The van der Waals surface area contributed by atoms with Crippen LogP contribution in [0.5, 0.6) is 0 Å². The van der Waals surface area contributed by atoms with Gasteiger partial charge in [0.05, 0.1) is 6.61 Å². The van der Waals surface area contributed by atoms with E-state index < -0.39 is 0 Å². The Morgan fingerprint density at radius 2 is 1.32 bits per heavy atom. The lowest BCUT2D eigenvalue weighted by Crippen LogP contribution is -2.39. The van der Waals surface area contributed by atoms with Crippen LogP contribution in [-0.4, -0.2) is 18.3 Å². The molecule has 1 N–H and O–H groups in total. The minimum Gasteiger partial charge on any atom is -0.477 e. The van der Waals surface area contributed by atoms with Crippen molar-refractivity contribution in [2.24, 2.45) is 0 Å². The summed E-state index contributed by atoms with van der Waals surface area (Å²) in [6, 6.07) is 30.5. The molecule has 0 aliphatic rings. The van der Waals surface area contributed by atoms with Crippen molar-refractivity contribution >= 4 is 17.5 Å². The first-order chi connectivity index (χ1) is 13.7. The molecule has 28 heavy (non-hydrogen) atoms. The van der Waals surface area contributed by atoms with E-state index in [0.29, 0.717) is 17.6 Å². The van der Waals surface area contributed by atoms with Gasteiger partial charge in [-0.15, -0.1) is 0 Å². The van der Waals surface area contributed by atoms with E-state index in [1.54, 1.807) is 6.20 Å². The third-order valence-corrected chi connectivity index (χ3v) is 4.56. The third-order valence-electron chi connectivity index (χ3n) is 4.56. The van der Waals surface area contributed by atoms with Crippen LogP contribution in [0.15, 0.2) is 109 Å². The molecule has 0 saturated heterocycles. The summed E-state index contributed by atoms with van der Waals surface area (Å²) < 4.78 is 5.70. The Labute approximate surface area is 167 Å². The van der Waals surface area contributed by atoms with Gasteiger partial charge in [0.25, 0.3) is 0 Å². The summed E-state index contributed by atoms with van der Waals surface area (Å²) in [6.07, 6.45) is 6.00. The van der Waals surface area contributed by atoms with E-state index in [2.05, 4.69) is 48.6 Å². The number of aliphatic hydroxyl groups excluding tert-OH is 1. The summed E-state index contributed by atoms with van der Waals surface area (Å²) in [4.78, 5) is 0. The monoisotopic (exact) mass is 372 g/mol. The van der Waals surface area contributed by atoms with Crippen molar-refractivity contribution < 1.29 is 9.84 Å². The van der Waals surface area contributed by atoms with Crippen LogP contribution in [-0.2, 0) is 4.74 Å². The lowest BCUT2D eigenvalue weighted by atomic mass is 10.1. The summed E-state index contributed by atoms with van der Waals surface area (Å²) in [6.45, 7) is 2.89. The van der Waals surface area contributed by atoms with Crippen molar-refractivity contribution in [2.75, 3.05) is 13.2 Å². The molecular formula is C25H26NO2+. The minimum absolute atomic E-state index is 0.0803. The number of para-hydroxylation sites is 2. The van der Waals surface area contributed by atoms with Gasteiger partial charge in [0.1, 0.15) is 17.9 Å². The zero-order chi connectivity index (χ0) is 19.7. The molecule has 0 aromatic heterocycles. The molecule has 0 radical (unpaired) electrons. The number of benzene rings is 3. The van der Waals surface area contributed by atoms with Gasteiger partial charge >= 0.3 is 5.95 Å². The molecular weight excluding hydrogens is 346 g/mol. The lowest BCUT2D eigenvalue weighted by molar-refractivity contribution is 0.0967. The second kappa shape index (κ2) is 9.58. The van der Waals surface area contributed by atoms with Crippen molar-refractivity contribution in [1.82, 2.24) is 4.48 Å². The van der Waals surface area contributed by atoms with E-state index in [9.17, 15) is 5.11 Å². The summed E-state index contributed by atoms with van der Waals surface area (Å²) in [5.74, 6) is -0.0803. The van der Waals surface area contributed by atoms with Crippen LogP contribution in [0.1, 0.15) is 12.5 Å². The number of quaternary nitrogens is 1. The number of rotatable bonds is 8. The molecule has 3 aromatic rings. The fourth-order valence-electron chi connectivity index (χ4n) is 3.24. The van der Waals surface area contributed by atoms with Crippen LogP contribution >= 0.6 is 0 Å². The van der Waals surface area contributed by atoms with E-state index in [4.69, 9.17) is 4.74 Å². The molecule has 0 heterocycles. The quantitative estimate of drug-likeness (QED) is 0.364. The molecule has 0 amide bonds. The molecule has 3 rings (SSSR count). The smallest absolute Gasteiger partial charge is 0.333 e. The SMILES string of the molecule is CCO/C(O)=C/[N+](C/C=C/c1ccccc1)(c1ccccc1)c1ccccc1. The van der Waals surface area contributed by atoms with Gasteiger partial charge in [0.2, 0.25) is 0 Å². The van der Waals surface area contributed by atoms with Crippen molar-refractivity contribution in [1.29, 1.82) is 0 Å². The standard InChI is InChI=1S/C25H25NO2/c1-2-28-25(27)21-26(23-16-8-4-9-17-23,24-18-10-5-11-19-24)20-12-15-22-13-6-3-7-14-22/h3-19,21H,2,20H2,1H3/p+1/b15-12+,25-21+. The summed E-state index contributed by atoms with van der Waals surface area (Å²) in [5, 5.41) is 10.4. The number of ether oxygens (including phenoxy) is 1. The Bertz CT molecular complexity index is 864. The summed E-state index contributed by atoms with van der Waals surface area (Å²) >= 11 is 0. The molecule has 0 bridgehead atoms. The first-order valence-corrected chi connectivity index (χ1v) is 9.50. The highest BCUT2D eigenvalue weighted by molar-refractivity contribution is 5.62. The first-order valence-electron chi connectivity index (χ1n) is 9.50. The second-order valence-corrected chi connectivity index (χ2v) is 6.44. The molecule has 0 fully saturated rings. The Morgan fingerprint density at radius 3 is 1.82 bits per heavy atom. The van der Waals surface area contributed by atoms with Crippen LogP contribution in [0.3, 0.4) is 0 Å². The van der Waals surface area contributed by atoms with Crippen molar-refractivity contribution in [3.63, 3.8) is 0 Å². The largest absolute Gasteiger partial charge is 0.477 e. The fraction of sp³-hybridized carbons (Fsp3) is 0.120. The topological polar surface area (TPSA) is 29.5 Å². The maximum Gasteiger partial charge on any atom is 0.333 e. The van der Waals surface area contributed by atoms with E-state index in [-0.39, 0.29) is 5.95 Å². The van der Waals surface area contributed by atoms with Gasteiger partial charge in [-0.1, -0.05) is 72.8 Å². The molecule has 142 valence electrons. The Hall–Kier alpha value is -3.30. The predicted molar refractivity (Wildman–Crippen MR) is 117 cm³/mol. The Morgan fingerprint density at radius 1 is 0.821 bits per heavy atom. The van der Waals surface area contributed by atoms with E-state index >= 15 is 0 Å². The Balaban J connectivity index is 2.09. The van der Waals surface area contributed by atoms with Crippen molar-refractivity contribution in [3.8, 4) is 0 Å². The highest BCUT2D eigenvalue weighted by atomic mass is 16.6. The lowest BCUT2D eigenvalue weighted by Gasteiger charge is -2.33. The average Bonchev–Trinajstić information content (AvgIpc) is 2.75. The van der Waals surface area contributed by atoms with Crippen molar-refractivity contribution in [2.45, 2.75) is 6.92 Å². The molecule has 0 atom stereocenters. The highest BCUT2D eigenvalue weighted by Gasteiger charge is 2.32. The zero-order valence-electron chi connectivity index (χ0n) is 16.1. The van der Waals surface area contributed by atoms with Gasteiger partial charge < -0.3 is 9.84 Å². The number of nitrogens with zero attached hydrogens (tertiary/aromatic N) is 1. The zero-order valence-corrected chi connectivity index (χ0v) is 16.1. The number of hydrogen-bond acceptors (Lipinski definition) is 2. The van der Waals surface area contributed by atoms with Gasteiger partial charge in [-0.05, 0) is 42.8 Å². The first kappa shape index (κ1) is 19.5. The van der Waals surface area contributed by atoms with E-state index in [1.165, 1.54) is 0 Å². The number of aliphatic hydroxyl groups is 1. The van der Waals surface area contributed by atoms with Crippen molar-refractivity contribution in [3.05, 3.63) is 115 Å². The minimum atomic E-state index is -0.0803. The molecule has 3 heteroatoms. The predicted octanol–water partition coefficient (Wildman–Crippen LogP) is 6.43. The number of hydrogen-bond donors (Lipinski definition) is 1. The van der Waals surface area contributed by atoms with Gasteiger partial charge in [0, 0.05) is 0 Å². The average molecular weight is 372 g/mol. The summed E-state index contributed by atoms with van der Waals surface area (Å²) in [5.41, 5.74) is 3.22. The molecule has 0 aliphatic carbocycles. The second-order valence-electron chi connectivity index (χ2n) is 6.44. The molecule has 3 nitrogen and oxygen atoms in total. The van der Waals surface area contributed by atoms with Crippen LogP contribution in [0.4, 0.5) is 11.4 Å². The highest BCUT2D eigenvalue weighted by Crippen LogP contribution is 2.36. The van der Waals surface area contributed by atoms with Gasteiger partial charge in [-0.2, -0.15) is 0 Å². The maximum atomic E-state index is 10.4. The van der Waals surface area contributed by atoms with Crippen LogP contribution < -0.4 is 4.48 Å². The normalized spacial score (nSPS) is 12.2. The molecule has 0 saturated carbocycles. The molecule has 3 aromatic carbocycles. The molecule has 0 unspecified atom stereocenters.